The van der Waals surface area contributed by atoms with E-state index in [1.54, 1.807) is 24.3 Å². The first-order valence-corrected chi connectivity index (χ1v) is 10.8. The summed E-state index contributed by atoms with van der Waals surface area (Å²) in [6, 6.07) is 12.3. The van der Waals surface area contributed by atoms with Crippen molar-refractivity contribution in [1.82, 2.24) is 0 Å². The standard InChI is InChI=1S/C16H17F3O3.C10H8O3/c1-4-15(2,3)10-6-5-9-7-11(14(20)21)13(16(17,18)19)22-12(9)8-10;11-10(12)8-5-7-3-1-2-4-9(7)13-6-8/h5-8,13H,4H2,1-3H3,(H,20,21);1-5H,6H2,(H,11,12). The molecule has 0 aromatic heterocycles. The lowest BCUT2D eigenvalue weighted by atomic mass is 9.81. The van der Waals surface area contributed by atoms with Crippen LogP contribution < -0.4 is 9.47 Å². The van der Waals surface area contributed by atoms with Gasteiger partial charge >= 0.3 is 18.1 Å². The van der Waals surface area contributed by atoms with Crippen LogP contribution in [0.1, 0.15) is 43.9 Å². The van der Waals surface area contributed by atoms with Crippen LogP contribution in [0, 0.1) is 0 Å². The molecule has 2 aliphatic rings. The monoisotopic (exact) mass is 490 g/mol. The zero-order chi connectivity index (χ0) is 26.0. The van der Waals surface area contributed by atoms with Gasteiger partial charge in [0.1, 0.15) is 18.1 Å². The quantitative estimate of drug-likeness (QED) is 0.570. The lowest BCUT2D eigenvalue weighted by Crippen LogP contribution is -2.40. The number of para-hydroxylation sites is 1. The van der Waals surface area contributed by atoms with Crippen LogP contribution in [0.15, 0.2) is 53.6 Å². The molecule has 6 nitrogen and oxygen atoms in total. The fraction of sp³-hybridized carbons (Fsp3) is 0.308. The van der Waals surface area contributed by atoms with Gasteiger partial charge in [-0.2, -0.15) is 13.2 Å². The third-order valence-electron chi connectivity index (χ3n) is 5.97. The summed E-state index contributed by atoms with van der Waals surface area (Å²) in [5.41, 5.74) is 1.30. The molecule has 186 valence electrons. The molecule has 0 aliphatic carbocycles. The summed E-state index contributed by atoms with van der Waals surface area (Å²) in [4.78, 5) is 21.7. The Hall–Kier alpha value is -3.75. The Morgan fingerprint density at radius 1 is 0.971 bits per heavy atom. The van der Waals surface area contributed by atoms with Crippen molar-refractivity contribution in [3.8, 4) is 11.5 Å². The Bertz CT molecular complexity index is 1190. The maximum atomic E-state index is 13.0. The second-order valence-electron chi connectivity index (χ2n) is 8.74. The van der Waals surface area contributed by atoms with Crippen molar-refractivity contribution in [2.24, 2.45) is 0 Å². The first-order chi connectivity index (χ1) is 16.3. The van der Waals surface area contributed by atoms with Gasteiger partial charge in [-0.25, -0.2) is 9.59 Å². The predicted molar refractivity (Wildman–Crippen MR) is 123 cm³/mol. The fourth-order valence-corrected chi connectivity index (χ4v) is 3.47. The first-order valence-electron chi connectivity index (χ1n) is 10.8. The highest BCUT2D eigenvalue weighted by atomic mass is 19.4. The summed E-state index contributed by atoms with van der Waals surface area (Å²) in [5, 5.41) is 17.7. The van der Waals surface area contributed by atoms with Gasteiger partial charge in [-0.15, -0.1) is 0 Å². The minimum Gasteiger partial charge on any atom is -0.488 e. The second kappa shape index (κ2) is 9.85. The van der Waals surface area contributed by atoms with E-state index in [-0.39, 0.29) is 17.8 Å². The Morgan fingerprint density at radius 2 is 1.63 bits per heavy atom. The molecule has 35 heavy (non-hydrogen) atoms. The topological polar surface area (TPSA) is 93.1 Å². The van der Waals surface area contributed by atoms with E-state index < -0.39 is 29.8 Å². The lowest BCUT2D eigenvalue weighted by Gasteiger charge is -2.29. The van der Waals surface area contributed by atoms with Crippen LogP contribution in [0.5, 0.6) is 11.5 Å². The smallest absolute Gasteiger partial charge is 0.430 e. The molecular weight excluding hydrogens is 465 g/mol. The van der Waals surface area contributed by atoms with Gasteiger partial charge in [0, 0.05) is 11.1 Å². The van der Waals surface area contributed by atoms with Gasteiger partial charge < -0.3 is 19.7 Å². The number of carboxylic acids is 2. The molecule has 0 saturated carbocycles. The summed E-state index contributed by atoms with van der Waals surface area (Å²) < 4.78 is 49.3. The van der Waals surface area contributed by atoms with Crippen molar-refractivity contribution in [3.05, 3.63) is 70.3 Å². The number of alkyl halides is 3. The fourth-order valence-electron chi connectivity index (χ4n) is 3.47. The molecule has 0 spiro atoms. The lowest BCUT2D eigenvalue weighted by molar-refractivity contribution is -0.187. The van der Waals surface area contributed by atoms with Crippen LogP contribution >= 0.6 is 0 Å². The summed E-state index contributed by atoms with van der Waals surface area (Å²) in [7, 11) is 0. The number of ether oxygens (including phenoxy) is 2. The largest absolute Gasteiger partial charge is 0.488 e. The maximum Gasteiger partial charge on any atom is 0.430 e. The summed E-state index contributed by atoms with van der Waals surface area (Å²) in [5.74, 6) is -1.75. The molecular formula is C26H25F3O6. The molecule has 2 heterocycles. The highest BCUT2D eigenvalue weighted by Gasteiger charge is 2.48. The third-order valence-corrected chi connectivity index (χ3v) is 5.97. The molecule has 0 saturated heterocycles. The van der Waals surface area contributed by atoms with Gasteiger partial charge in [0.25, 0.3) is 0 Å². The van der Waals surface area contributed by atoms with E-state index in [9.17, 15) is 22.8 Å². The number of hydrogen-bond donors (Lipinski definition) is 2. The third kappa shape index (κ3) is 5.85. The molecule has 0 radical (unpaired) electrons. The SMILES string of the molecule is CCC(C)(C)c1ccc2c(c1)OC(C(F)(F)F)C(C(=O)O)=C2.O=C(O)C1=Cc2ccccc2OC1. The number of rotatable bonds is 4. The molecule has 1 atom stereocenters. The number of halogens is 3. The van der Waals surface area contributed by atoms with Crippen LogP contribution in [-0.4, -0.2) is 41.0 Å². The Morgan fingerprint density at radius 3 is 2.23 bits per heavy atom. The van der Waals surface area contributed by atoms with Gasteiger partial charge in [0.2, 0.25) is 6.10 Å². The number of hydrogen-bond acceptors (Lipinski definition) is 4. The van der Waals surface area contributed by atoms with E-state index >= 15 is 0 Å². The molecule has 1 unspecified atom stereocenters. The van der Waals surface area contributed by atoms with Gasteiger partial charge in [0.05, 0.1) is 11.1 Å². The Kier molecular flexibility index (Phi) is 7.28. The van der Waals surface area contributed by atoms with Crippen molar-refractivity contribution in [1.29, 1.82) is 0 Å². The van der Waals surface area contributed by atoms with E-state index in [2.05, 4.69) is 0 Å². The summed E-state index contributed by atoms with van der Waals surface area (Å²) in [6.07, 6.45) is -3.75. The average Bonchev–Trinajstić information content (AvgIpc) is 2.82. The molecule has 2 aliphatic heterocycles. The van der Waals surface area contributed by atoms with Gasteiger partial charge in [-0.05, 0) is 41.7 Å². The van der Waals surface area contributed by atoms with Crippen LogP contribution in [0.4, 0.5) is 13.2 Å². The summed E-state index contributed by atoms with van der Waals surface area (Å²) in [6.45, 7) is 6.10. The van der Waals surface area contributed by atoms with E-state index in [0.29, 0.717) is 11.1 Å². The van der Waals surface area contributed by atoms with E-state index in [1.165, 1.54) is 0 Å². The number of aliphatic carboxylic acids is 2. The van der Waals surface area contributed by atoms with E-state index in [1.807, 2.05) is 45.0 Å². The highest BCUT2D eigenvalue weighted by molar-refractivity contribution is 5.95. The molecule has 0 fully saturated rings. The molecule has 0 amide bonds. The Balaban J connectivity index is 0.000000223. The van der Waals surface area contributed by atoms with Crippen molar-refractivity contribution in [3.63, 3.8) is 0 Å². The molecule has 2 aromatic carbocycles. The molecule has 2 aromatic rings. The Labute approximate surface area is 200 Å². The maximum absolute atomic E-state index is 13.0. The zero-order valence-corrected chi connectivity index (χ0v) is 19.3. The van der Waals surface area contributed by atoms with Crippen LogP contribution in [0.3, 0.4) is 0 Å². The minimum atomic E-state index is -4.78. The molecule has 2 N–H and O–H groups in total. The zero-order valence-electron chi connectivity index (χ0n) is 19.3. The van der Waals surface area contributed by atoms with Crippen LogP contribution in [0.2, 0.25) is 0 Å². The average molecular weight is 490 g/mol. The molecule has 4 rings (SSSR count). The van der Waals surface area contributed by atoms with Gasteiger partial charge in [-0.3, -0.25) is 0 Å². The van der Waals surface area contributed by atoms with Gasteiger partial charge in [-0.1, -0.05) is 51.1 Å². The number of carboxylic acid groups (broad SMARTS) is 2. The van der Waals surface area contributed by atoms with Crippen molar-refractivity contribution in [2.75, 3.05) is 6.61 Å². The summed E-state index contributed by atoms with van der Waals surface area (Å²) >= 11 is 0. The highest BCUT2D eigenvalue weighted by Crippen LogP contribution is 2.39. The van der Waals surface area contributed by atoms with Gasteiger partial charge in [0.15, 0.2) is 0 Å². The number of fused-ring (bicyclic) bond motifs is 2. The van der Waals surface area contributed by atoms with Crippen LogP contribution in [-0.2, 0) is 15.0 Å². The predicted octanol–water partition coefficient (Wildman–Crippen LogP) is 5.71. The molecule has 9 heteroatoms. The first kappa shape index (κ1) is 25.9. The van der Waals surface area contributed by atoms with Crippen molar-refractivity contribution < 1.29 is 42.4 Å². The van der Waals surface area contributed by atoms with Crippen LogP contribution in [0.25, 0.3) is 12.2 Å². The normalized spacial score (nSPS) is 16.7. The molecule has 0 bridgehead atoms. The van der Waals surface area contributed by atoms with E-state index in [0.717, 1.165) is 29.4 Å². The van der Waals surface area contributed by atoms with Crippen molar-refractivity contribution in [2.45, 2.75) is 44.9 Å². The minimum absolute atomic E-state index is 0.0614. The number of benzene rings is 2. The van der Waals surface area contributed by atoms with Crippen molar-refractivity contribution >= 4 is 24.1 Å². The number of carbonyl (C=O) groups is 2. The van der Waals surface area contributed by atoms with E-state index in [4.69, 9.17) is 19.7 Å². The second-order valence-corrected chi connectivity index (χ2v) is 8.74.